The number of aryl methyl sites for hydroxylation is 1. The van der Waals surface area contributed by atoms with Crippen LogP contribution >= 0.6 is 45.2 Å². The molecule has 5 aromatic rings. The average Bonchev–Trinajstić information content (AvgIpc) is 3.67. The van der Waals surface area contributed by atoms with Crippen LogP contribution in [0.3, 0.4) is 0 Å². The third kappa shape index (κ3) is 9.89. The number of pyridine rings is 1. The van der Waals surface area contributed by atoms with Gasteiger partial charge in [0.05, 0.1) is 50.6 Å². The molecule has 7 heterocycles. The molecule has 0 amide bonds. The summed E-state index contributed by atoms with van der Waals surface area (Å²) < 4.78 is 42.3. The van der Waals surface area contributed by atoms with Gasteiger partial charge in [-0.1, -0.05) is 22.6 Å². The van der Waals surface area contributed by atoms with Gasteiger partial charge < -0.3 is 28.4 Å². The fourth-order valence-electron chi connectivity index (χ4n) is 4.86. The maximum absolute atomic E-state index is 5.98. The van der Waals surface area contributed by atoms with E-state index in [-0.39, 0.29) is 0 Å². The molecule has 3 aromatic heterocycles. The molecule has 4 aliphatic rings. The molecule has 4 aliphatic heterocycles. The molecule has 0 radical (unpaired) electrons. The molecule has 0 saturated carbocycles. The van der Waals surface area contributed by atoms with Gasteiger partial charge in [0.1, 0.15) is 75.3 Å². The second-order valence-corrected chi connectivity index (χ2v) is 12.9. The molecule has 49 heavy (non-hydrogen) atoms. The number of hydrogen-bond donors (Lipinski definition) is 0. The number of hydrogen-bond acceptors (Lipinski definition) is 10. The second-order valence-electron chi connectivity index (χ2n) is 10.8. The molecule has 0 saturated heterocycles. The Bertz CT molecular complexity index is 1700. The number of rotatable bonds is 0. The van der Waals surface area contributed by atoms with E-state index in [1.54, 1.807) is 0 Å². The zero-order valence-corrected chi connectivity index (χ0v) is 31.2. The summed E-state index contributed by atoms with van der Waals surface area (Å²) in [7, 11) is 1.98. The molecule has 10 bridgehead atoms. The summed E-state index contributed by atoms with van der Waals surface area (Å²) in [6.07, 6.45) is 7.91. The predicted octanol–water partition coefficient (Wildman–Crippen LogP) is 4.76. The van der Waals surface area contributed by atoms with Gasteiger partial charge in [-0.25, -0.2) is 13.9 Å². The van der Waals surface area contributed by atoms with Crippen molar-refractivity contribution < 1.29 is 33.0 Å². The van der Waals surface area contributed by atoms with Crippen molar-refractivity contribution in [3.63, 3.8) is 0 Å². The number of halogens is 2. The minimum Gasteiger partial charge on any atom is -0.492 e. The quantitative estimate of drug-likeness (QED) is 0.122. The molecule has 13 nitrogen and oxygen atoms in total. The molecule has 0 unspecified atom stereocenters. The van der Waals surface area contributed by atoms with Crippen LogP contribution in [0.4, 0.5) is 0 Å². The highest BCUT2D eigenvalue weighted by Gasteiger charge is 2.20. The van der Waals surface area contributed by atoms with Crippen molar-refractivity contribution in [3.05, 3.63) is 86.5 Å². The summed E-state index contributed by atoms with van der Waals surface area (Å²) in [4.78, 5) is 0. The lowest BCUT2D eigenvalue weighted by Crippen LogP contribution is -2.27. The first-order valence-electron chi connectivity index (χ1n) is 15.7. The topological polar surface area (TPSA) is 121 Å². The Balaban J connectivity index is 1.14. The third-order valence-electron chi connectivity index (χ3n) is 7.27. The Morgan fingerprint density at radius 3 is 1.37 bits per heavy atom. The van der Waals surface area contributed by atoms with Crippen molar-refractivity contribution in [3.8, 4) is 45.5 Å². The van der Waals surface area contributed by atoms with Crippen molar-refractivity contribution in [1.29, 1.82) is 0 Å². The molecule has 0 aliphatic carbocycles. The van der Waals surface area contributed by atoms with Crippen LogP contribution in [0.2, 0.25) is 0 Å². The van der Waals surface area contributed by atoms with E-state index in [9.17, 15) is 0 Å². The lowest BCUT2D eigenvalue weighted by Gasteiger charge is -2.09. The van der Waals surface area contributed by atoms with Crippen LogP contribution in [-0.4, -0.2) is 82.8 Å². The Hall–Kier alpha value is -3.81. The summed E-state index contributed by atoms with van der Waals surface area (Å²) in [5.41, 5.74) is 3.42. The van der Waals surface area contributed by atoms with Gasteiger partial charge >= 0.3 is 0 Å². The molecule has 0 fully saturated rings. The molecule has 15 heteroatoms. The van der Waals surface area contributed by atoms with E-state index in [1.807, 2.05) is 94.1 Å². The summed E-state index contributed by atoms with van der Waals surface area (Å²) >= 11 is 4.57. The van der Waals surface area contributed by atoms with Crippen molar-refractivity contribution >= 4 is 45.2 Å². The van der Waals surface area contributed by atoms with Gasteiger partial charge in [0, 0.05) is 0 Å². The monoisotopic (exact) mass is 892 g/mol. The lowest BCUT2D eigenvalue weighted by molar-refractivity contribution is -0.670. The zero-order chi connectivity index (χ0) is 33.8. The SMILES string of the molecule is C[n+]1cc2cc(c1)-c1nnn(c1I)CCOc1ccc(cc1)OCCOCC=CCOCCOc1ccc(cc1)OCCn1nnc-2c1I. The summed E-state index contributed by atoms with van der Waals surface area (Å²) in [6, 6.07) is 17.2. The Kier molecular flexibility index (Phi) is 12.7. The highest BCUT2D eigenvalue weighted by molar-refractivity contribution is 14.1. The van der Waals surface area contributed by atoms with Crippen LogP contribution in [0.1, 0.15) is 0 Å². The fourth-order valence-corrected chi connectivity index (χ4v) is 6.37. The second kappa shape index (κ2) is 17.7. The Morgan fingerprint density at radius 2 is 0.959 bits per heavy atom. The van der Waals surface area contributed by atoms with Crippen molar-refractivity contribution in [1.82, 2.24) is 30.0 Å². The highest BCUT2D eigenvalue weighted by atomic mass is 127. The first-order valence-corrected chi connectivity index (χ1v) is 17.9. The minimum atomic E-state index is 0.434. The van der Waals surface area contributed by atoms with Crippen LogP contribution in [0.25, 0.3) is 22.5 Å². The Labute approximate surface area is 311 Å². The number of nitrogens with zero attached hydrogens (tertiary/aromatic N) is 7. The predicted molar refractivity (Wildman–Crippen MR) is 197 cm³/mol. The van der Waals surface area contributed by atoms with E-state index in [1.165, 1.54) is 0 Å². The Morgan fingerprint density at radius 1 is 0.571 bits per heavy atom. The first-order chi connectivity index (χ1) is 24.0. The molecule has 0 spiro atoms. The van der Waals surface area contributed by atoms with E-state index in [0.717, 1.165) is 52.9 Å². The van der Waals surface area contributed by atoms with Gasteiger partial charge in [0.25, 0.3) is 0 Å². The molecule has 2 aromatic carbocycles. The van der Waals surface area contributed by atoms with E-state index < -0.39 is 0 Å². The summed E-state index contributed by atoms with van der Waals surface area (Å²) in [5.74, 6) is 3.00. The third-order valence-corrected chi connectivity index (χ3v) is 9.41. The maximum atomic E-state index is 5.98. The van der Waals surface area contributed by atoms with Crippen molar-refractivity contribution in [2.75, 3.05) is 52.9 Å². The van der Waals surface area contributed by atoms with Crippen LogP contribution < -0.4 is 23.5 Å². The van der Waals surface area contributed by atoms with E-state index in [2.05, 4.69) is 71.9 Å². The van der Waals surface area contributed by atoms with Crippen LogP contribution in [-0.2, 0) is 29.6 Å². The fraction of sp³-hybridized carbons (Fsp3) is 0.324. The van der Waals surface area contributed by atoms with Crippen LogP contribution in [0, 0.1) is 7.40 Å². The number of benzene rings is 2. The van der Waals surface area contributed by atoms with Gasteiger partial charge in [-0.05, 0) is 99.8 Å². The zero-order valence-electron chi connectivity index (χ0n) is 26.9. The highest BCUT2D eigenvalue weighted by Crippen LogP contribution is 2.28. The molecular weight excluding hydrogens is 856 g/mol. The standard InChI is InChI=1S/C34H36I2N7O6/c1-41-23-25-22-26(24-41)32-34(36)43(40-38-32)13-17-47-28-6-10-30(11-7-28)49-21-19-45-15-3-2-14-44-18-20-48-29-8-4-27(5-9-29)46-16-12-42-33(35)31(25)37-39-42/h2-11,22-24H,12-21H2,1H3/q+1. The van der Waals surface area contributed by atoms with Gasteiger partial charge in [-0.15, -0.1) is 10.2 Å². The van der Waals surface area contributed by atoms with E-state index in [0.29, 0.717) is 65.9 Å². The van der Waals surface area contributed by atoms with Crippen molar-refractivity contribution in [2.45, 2.75) is 13.1 Å². The smallest absolute Gasteiger partial charge is 0.178 e. The van der Waals surface area contributed by atoms with Crippen LogP contribution in [0.5, 0.6) is 23.0 Å². The number of ether oxygens (including phenoxy) is 6. The molecular formula is C34H36I2N7O6+. The van der Waals surface area contributed by atoms with Crippen LogP contribution in [0.15, 0.2) is 79.1 Å². The lowest BCUT2D eigenvalue weighted by atomic mass is 10.1. The molecule has 256 valence electrons. The largest absolute Gasteiger partial charge is 0.492 e. The van der Waals surface area contributed by atoms with Gasteiger partial charge in [0.2, 0.25) is 0 Å². The van der Waals surface area contributed by atoms with Gasteiger partial charge in [0.15, 0.2) is 12.4 Å². The normalized spacial score (nSPS) is 15.2. The number of aromatic nitrogens is 7. The molecule has 0 N–H and O–H groups in total. The minimum absolute atomic E-state index is 0.434. The van der Waals surface area contributed by atoms with Gasteiger partial charge in [-0.3, -0.25) is 0 Å². The summed E-state index contributed by atoms with van der Waals surface area (Å²) in [6.45, 7) is 4.77. The average molecular weight is 893 g/mol. The maximum Gasteiger partial charge on any atom is 0.178 e. The molecule has 9 rings (SSSR count). The van der Waals surface area contributed by atoms with Crippen molar-refractivity contribution in [2.24, 2.45) is 7.05 Å². The van der Waals surface area contributed by atoms with Gasteiger partial charge in [-0.2, -0.15) is 0 Å². The first kappa shape index (κ1) is 35.0. The summed E-state index contributed by atoms with van der Waals surface area (Å²) in [5, 5.41) is 17.8. The molecule has 0 atom stereocenters. The van der Waals surface area contributed by atoms with E-state index >= 15 is 0 Å². The van der Waals surface area contributed by atoms with E-state index in [4.69, 9.17) is 28.4 Å².